The first-order valence-corrected chi connectivity index (χ1v) is 7.21. The van der Waals surface area contributed by atoms with Gasteiger partial charge in [-0.05, 0) is 38.9 Å². The highest BCUT2D eigenvalue weighted by molar-refractivity contribution is 5.23. The summed E-state index contributed by atoms with van der Waals surface area (Å²) in [5.41, 5.74) is 2.27. The van der Waals surface area contributed by atoms with Crippen molar-refractivity contribution in [3.05, 3.63) is 52.9 Å². The summed E-state index contributed by atoms with van der Waals surface area (Å²) in [4.78, 5) is 0. The van der Waals surface area contributed by atoms with Crippen LogP contribution in [0.5, 0.6) is 0 Å². The molecule has 0 saturated carbocycles. The van der Waals surface area contributed by atoms with Crippen molar-refractivity contribution in [1.82, 2.24) is 15.1 Å². The molecule has 2 aromatic rings. The molecule has 0 aliphatic rings. The van der Waals surface area contributed by atoms with Crippen molar-refractivity contribution in [1.29, 1.82) is 0 Å². The molecule has 0 aliphatic carbocycles. The second-order valence-electron chi connectivity index (χ2n) is 5.26. The minimum atomic E-state index is -0.816. The van der Waals surface area contributed by atoms with Crippen LogP contribution >= 0.6 is 0 Å². The fourth-order valence-corrected chi connectivity index (χ4v) is 2.41. The summed E-state index contributed by atoms with van der Waals surface area (Å²) in [5, 5.41) is 7.67. The van der Waals surface area contributed by atoms with Gasteiger partial charge < -0.3 is 5.32 Å². The van der Waals surface area contributed by atoms with Gasteiger partial charge in [0, 0.05) is 11.3 Å². The Morgan fingerprint density at radius 3 is 2.67 bits per heavy atom. The van der Waals surface area contributed by atoms with Gasteiger partial charge in [-0.1, -0.05) is 19.1 Å². The van der Waals surface area contributed by atoms with Crippen LogP contribution in [0.3, 0.4) is 0 Å². The summed E-state index contributed by atoms with van der Waals surface area (Å²) in [6.45, 7) is 7.12. The van der Waals surface area contributed by atoms with E-state index in [-0.39, 0.29) is 6.04 Å². The fraction of sp³-hybridized carbons (Fsp3) is 0.438. The lowest BCUT2D eigenvalue weighted by atomic mass is 10.1. The van der Waals surface area contributed by atoms with Gasteiger partial charge in [-0.25, -0.2) is 8.78 Å². The van der Waals surface area contributed by atoms with Crippen LogP contribution < -0.4 is 5.32 Å². The Morgan fingerprint density at radius 1 is 1.29 bits per heavy atom. The minimum Gasteiger partial charge on any atom is -0.308 e. The van der Waals surface area contributed by atoms with Crippen LogP contribution in [0.2, 0.25) is 0 Å². The molecule has 0 aliphatic heterocycles. The zero-order valence-electron chi connectivity index (χ0n) is 12.7. The summed E-state index contributed by atoms with van der Waals surface area (Å²) in [6, 6.07) is 5.96. The van der Waals surface area contributed by atoms with Crippen LogP contribution in [-0.2, 0) is 6.54 Å². The van der Waals surface area contributed by atoms with E-state index in [0.29, 0.717) is 12.1 Å². The summed E-state index contributed by atoms with van der Waals surface area (Å²) in [6.07, 6.45) is 0.921. The van der Waals surface area contributed by atoms with E-state index in [4.69, 9.17) is 0 Å². The molecule has 114 valence electrons. The Balaban J connectivity index is 2.29. The van der Waals surface area contributed by atoms with E-state index in [0.717, 1.165) is 30.4 Å². The van der Waals surface area contributed by atoms with Gasteiger partial charge in [-0.15, -0.1) is 0 Å². The summed E-state index contributed by atoms with van der Waals surface area (Å²) >= 11 is 0. The van der Waals surface area contributed by atoms with Crippen molar-refractivity contribution in [3.8, 4) is 0 Å². The van der Waals surface area contributed by atoms with Gasteiger partial charge >= 0.3 is 0 Å². The highest BCUT2D eigenvalue weighted by atomic mass is 19.2. The number of nitrogens with one attached hydrogen (secondary N) is 1. The first kappa shape index (κ1) is 15.6. The molecule has 21 heavy (non-hydrogen) atoms. The van der Waals surface area contributed by atoms with Gasteiger partial charge in [0.1, 0.15) is 0 Å². The molecule has 2 rings (SSSR count). The lowest BCUT2D eigenvalue weighted by Gasteiger charge is -2.20. The maximum absolute atomic E-state index is 14.0. The lowest BCUT2D eigenvalue weighted by Crippen LogP contribution is -2.28. The number of rotatable bonds is 6. The highest BCUT2D eigenvalue weighted by Crippen LogP contribution is 2.21. The Kier molecular flexibility index (Phi) is 5.07. The van der Waals surface area contributed by atoms with Gasteiger partial charge in [0.2, 0.25) is 0 Å². The number of nitrogens with zero attached hydrogens (tertiary/aromatic N) is 2. The molecule has 1 aromatic heterocycles. The lowest BCUT2D eigenvalue weighted by molar-refractivity contribution is 0.406. The number of hydrogen-bond donors (Lipinski definition) is 1. The van der Waals surface area contributed by atoms with Crippen molar-refractivity contribution in [2.24, 2.45) is 0 Å². The topological polar surface area (TPSA) is 29.9 Å². The third-order valence-electron chi connectivity index (χ3n) is 3.46. The maximum atomic E-state index is 14.0. The fourth-order valence-electron chi connectivity index (χ4n) is 2.41. The molecule has 0 fully saturated rings. The predicted octanol–water partition coefficient (Wildman–Crippen LogP) is 3.52. The van der Waals surface area contributed by atoms with Crippen molar-refractivity contribution in [2.75, 3.05) is 6.54 Å². The molecule has 3 nitrogen and oxygen atoms in total. The SMILES string of the molecule is CCCNC(Cn1nc(C)cc1C)c1cccc(F)c1F. The van der Waals surface area contributed by atoms with Crippen molar-refractivity contribution < 1.29 is 8.78 Å². The van der Waals surface area contributed by atoms with E-state index >= 15 is 0 Å². The average molecular weight is 293 g/mol. The molecule has 1 atom stereocenters. The monoisotopic (exact) mass is 293 g/mol. The Hall–Kier alpha value is -1.75. The summed E-state index contributed by atoms with van der Waals surface area (Å²) < 4.78 is 29.3. The number of halogens is 2. The predicted molar refractivity (Wildman–Crippen MR) is 79.1 cm³/mol. The van der Waals surface area contributed by atoms with Crippen molar-refractivity contribution >= 4 is 0 Å². The smallest absolute Gasteiger partial charge is 0.163 e. The van der Waals surface area contributed by atoms with E-state index in [1.165, 1.54) is 6.07 Å². The highest BCUT2D eigenvalue weighted by Gasteiger charge is 2.19. The molecular formula is C16H21F2N3. The zero-order valence-corrected chi connectivity index (χ0v) is 12.7. The molecule has 1 aromatic carbocycles. The molecule has 0 amide bonds. The molecule has 0 saturated heterocycles. The molecule has 1 unspecified atom stereocenters. The van der Waals surface area contributed by atoms with Crippen LogP contribution in [0.4, 0.5) is 8.78 Å². The Labute approximate surface area is 124 Å². The molecule has 1 heterocycles. The van der Waals surface area contributed by atoms with Crippen LogP contribution in [0.1, 0.15) is 36.3 Å². The largest absolute Gasteiger partial charge is 0.308 e. The molecule has 0 bridgehead atoms. The first-order chi connectivity index (χ1) is 10.0. The second-order valence-corrected chi connectivity index (χ2v) is 5.26. The first-order valence-electron chi connectivity index (χ1n) is 7.21. The van der Waals surface area contributed by atoms with Crippen molar-refractivity contribution in [2.45, 2.75) is 39.8 Å². The third-order valence-corrected chi connectivity index (χ3v) is 3.46. The normalized spacial score (nSPS) is 12.6. The Bertz CT molecular complexity index is 608. The van der Waals surface area contributed by atoms with Crippen molar-refractivity contribution in [3.63, 3.8) is 0 Å². The molecule has 5 heteroatoms. The molecule has 1 N–H and O–H groups in total. The third kappa shape index (κ3) is 3.67. The number of aromatic nitrogens is 2. The van der Waals surface area contributed by atoms with Gasteiger partial charge in [0.15, 0.2) is 11.6 Å². The van der Waals surface area contributed by atoms with E-state index in [1.807, 2.05) is 31.5 Å². The van der Waals surface area contributed by atoms with Gasteiger partial charge in [0.05, 0.1) is 18.3 Å². The van der Waals surface area contributed by atoms with Gasteiger partial charge in [-0.2, -0.15) is 5.10 Å². The maximum Gasteiger partial charge on any atom is 0.163 e. The Morgan fingerprint density at radius 2 is 2.05 bits per heavy atom. The van der Waals surface area contributed by atoms with E-state index in [2.05, 4.69) is 10.4 Å². The zero-order chi connectivity index (χ0) is 15.4. The average Bonchev–Trinajstić information content (AvgIpc) is 2.76. The summed E-state index contributed by atoms with van der Waals surface area (Å²) in [5.74, 6) is -1.60. The van der Waals surface area contributed by atoms with E-state index < -0.39 is 11.6 Å². The van der Waals surface area contributed by atoms with Crippen LogP contribution in [0.15, 0.2) is 24.3 Å². The molecule has 0 radical (unpaired) electrons. The van der Waals surface area contributed by atoms with Crippen LogP contribution in [0.25, 0.3) is 0 Å². The van der Waals surface area contributed by atoms with Gasteiger partial charge in [0.25, 0.3) is 0 Å². The summed E-state index contributed by atoms with van der Waals surface area (Å²) in [7, 11) is 0. The van der Waals surface area contributed by atoms with Crippen LogP contribution in [-0.4, -0.2) is 16.3 Å². The minimum absolute atomic E-state index is 0.307. The number of aryl methyl sites for hydroxylation is 2. The number of hydrogen-bond acceptors (Lipinski definition) is 2. The van der Waals surface area contributed by atoms with Gasteiger partial charge in [-0.3, -0.25) is 4.68 Å². The molecule has 0 spiro atoms. The standard InChI is InChI=1S/C16H21F2N3/c1-4-8-19-15(10-21-12(3)9-11(2)20-21)13-6-5-7-14(17)16(13)18/h5-7,9,15,19H,4,8,10H2,1-3H3. The molecular weight excluding hydrogens is 272 g/mol. The number of benzene rings is 1. The quantitative estimate of drug-likeness (QED) is 0.883. The second kappa shape index (κ2) is 6.80. The van der Waals surface area contributed by atoms with E-state index in [1.54, 1.807) is 6.07 Å². The van der Waals surface area contributed by atoms with E-state index in [9.17, 15) is 8.78 Å². The van der Waals surface area contributed by atoms with Crippen LogP contribution in [0, 0.1) is 25.5 Å².